The number of nitro groups is 1. The van der Waals surface area contributed by atoms with Crippen molar-refractivity contribution in [2.24, 2.45) is 0 Å². The second-order valence-corrected chi connectivity index (χ2v) is 8.22. The maximum atomic E-state index is 10.7. The Labute approximate surface area is 186 Å². The zero-order valence-electron chi connectivity index (χ0n) is 18.3. The van der Waals surface area contributed by atoms with Gasteiger partial charge in [0.15, 0.2) is 0 Å². The number of furan rings is 1. The van der Waals surface area contributed by atoms with Crippen molar-refractivity contribution in [1.29, 1.82) is 0 Å². The van der Waals surface area contributed by atoms with Gasteiger partial charge in [-0.25, -0.2) is 4.98 Å². The smallest absolute Gasteiger partial charge is 0.401 e. The van der Waals surface area contributed by atoms with E-state index in [-0.39, 0.29) is 5.88 Å². The summed E-state index contributed by atoms with van der Waals surface area (Å²) in [6, 6.07) is 11.8. The number of nitrogens with one attached hydrogen (secondary N) is 2. The van der Waals surface area contributed by atoms with Crippen LogP contribution in [0.5, 0.6) is 0 Å². The second-order valence-electron chi connectivity index (χ2n) is 8.22. The number of hydrogen-bond acceptors (Lipinski definition) is 8. The molecule has 0 atom stereocenters. The van der Waals surface area contributed by atoms with Gasteiger partial charge in [-0.2, -0.15) is 4.98 Å². The molecular formula is C23H28N6O3. The molecule has 2 heterocycles. The Morgan fingerprint density at radius 2 is 1.88 bits per heavy atom. The van der Waals surface area contributed by atoms with E-state index in [1.54, 1.807) is 12.1 Å². The lowest BCUT2D eigenvalue weighted by Crippen LogP contribution is -2.37. The molecule has 0 amide bonds. The molecule has 0 unspecified atom stereocenters. The third-order valence-electron chi connectivity index (χ3n) is 5.67. The van der Waals surface area contributed by atoms with E-state index in [1.807, 2.05) is 49.3 Å². The highest BCUT2D eigenvalue weighted by Crippen LogP contribution is 2.26. The van der Waals surface area contributed by atoms with Crippen LogP contribution in [0.25, 0.3) is 17.0 Å². The van der Waals surface area contributed by atoms with Crippen molar-refractivity contribution >= 4 is 34.6 Å². The first-order chi connectivity index (χ1) is 15.5. The molecule has 32 heavy (non-hydrogen) atoms. The number of anilines is 2. The molecule has 9 nitrogen and oxygen atoms in total. The van der Waals surface area contributed by atoms with Gasteiger partial charge in [0.25, 0.3) is 0 Å². The average molecular weight is 437 g/mol. The third kappa shape index (κ3) is 5.23. The first-order valence-corrected chi connectivity index (χ1v) is 10.8. The first-order valence-electron chi connectivity index (χ1n) is 10.8. The molecule has 1 aromatic carbocycles. The molecule has 9 heteroatoms. The SMILES string of the molecule is CN(C)c1nc(NC2CCC(NCC=Cc3ccc([N+](=O)[O-])o3)CC2)nc2ccccc12. The van der Waals surface area contributed by atoms with E-state index in [4.69, 9.17) is 14.4 Å². The number of benzene rings is 1. The Bertz CT molecular complexity index is 1100. The van der Waals surface area contributed by atoms with Crippen LogP contribution in [0, 0.1) is 10.1 Å². The highest BCUT2D eigenvalue weighted by molar-refractivity contribution is 5.90. The summed E-state index contributed by atoms with van der Waals surface area (Å²) in [7, 11) is 3.99. The van der Waals surface area contributed by atoms with Gasteiger partial charge in [0, 0.05) is 38.1 Å². The zero-order valence-corrected chi connectivity index (χ0v) is 18.3. The summed E-state index contributed by atoms with van der Waals surface area (Å²) in [5, 5.41) is 18.8. The number of rotatable bonds is 8. The molecule has 4 rings (SSSR count). The van der Waals surface area contributed by atoms with Crippen molar-refractivity contribution < 1.29 is 9.34 Å². The van der Waals surface area contributed by atoms with Gasteiger partial charge in [-0.3, -0.25) is 10.1 Å². The molecule has 1 aliphatic carbocycles. The van der Waals surface area contributed by atoms with E-state index in [9.17, 15) is 10.1 Å². The maximum Gasteiger partial charge on any atom is 0.433 e. The van der Waals surface area contributed by atoms with Gasteiger partial charge in [0.05, 0.1) is 11.6 Å². The largest absolute Gasteiger partial charge is 0.433 e. The summed E-state index contributed by atoms with van der Waals surface area (Å²) >= 11 is 0. The van der Waals surface area contributed by atoms with Crippen LogP contribution in [0.15, 0.2) is 46.9 Å². The Kier molecular flexibility index (Phi) is 6.65. The quantitative estimate of drug-likeness (QED) is 0.399. The lowest BCUT2D eigenvalue weighted by molar-refractivity contribution is -0.402. The van der Waals surface area contributed by atoms with E-state index < -0.39 is 4.92 Å². The number of hydrogen-bond donors (Lipinski definition) is 2. The molecule has 0 radical (unpaired) electrons. The highest BCUT2D eigenvalue weighted by atomic mass is 16.6. The number of aromatic nitrogens is 2. The standard InChI is InChI=1S/C23H28N6O3/c1-28(2)22-19-7-3-4-8-20(19)26-23(27-22)25-17-11-9-16(10-12-17)24-15-5-6-18-13-14-21(32-18)29(30)31/h3-8,13-14,16-17,24H,9-12,15H2,1-2H3,(H,25,26,27). The van der Waals surface area contributed by atoms with E-state index in [0.717, 1.165) is 42.4 Å². The molecule has 0 saturated heterocycles. The van der Waals surface area contributed by atoms with Crippen LogP contribution in [-0.2, 0) is 0 Å². The Hall–Kier alpha value is -3.46. The predicted octanol–water partition coefficient (Wildman–Crippen LogP) is 4.22. The minimum Gasteiger partial charge on any atom is -0.401 e. The summed E-state index contributed by atoms with van der Waals surface area (Å²) in [6.07, 6.45) is 7.89. The number of fused-ring (bicyclic) bond motifs is 1. The van der Waals surface area contributed by atoms with E-state index in [0.29, 0.717) is 30.3 Å². The van der Waals surface area contributed by atoms with Crippen LogP contribution in [0.4, 0.5) is 17.7 Å². The topological polar surface area (TPSA) is 109 Å². The van der Waals surface area contributed by atoms with Crippen molar-refractivity contribution in [3.63, 3.8) is 0 Å². The van der Waals surface area contributed by atoms with Gasteiger partial charge >= 0.3 is 5.88 Å². The molecule has 1 fully saturated rings. The molecule has 1 aliphatic rings. The monoisotopic (exact) mass is 436 g/mol. The molecule has 1 saturated carbocycles. The lowest BCUT2D eigenvalue weighted by Gasteiger charge is -2.29. The second kappa shape index (κ2) is 9.78. The molecule has 0 aliphatic heterocycles. The van der Waals surface area contributed by atoms with Crippen LogP contribution in [0.1, 0.15) is 31.4 Å². The molecule has 2 N–H and O–H groups in total. The zero-order chi connectivity index (χ0) is 22.5. The van der Waals surface area contributed by atoms with Gasteiger partial charge < -0.3 is 20.0 Å². The predicted molar refractivity (Wildman–Crippen MR) is 126 cm³/mol. The lowest BCUT2D eigenvalue weighted by atomic mass is 9.91. The molecule has 3 aromatic rings. The van der Waals surface area contributed by atoms with Crippen LogP contribution < -0.4 is 15.5 Å². The summed E-state index contributed by atoms with van der Waals surface area (Å²) in [6.45, 7) is 0.692. The van der Waals surface area contributed by atoms with Crippen LogP contribution in [0.2, 0.25) is 0 Å². The fourth-order valence-electron chi connectivity index (χ4n) is 4.03. The van der Waals surface area contributed by atoms with E-state index >= 15 is 0 Å². The van der Waals surface area contributed by atoms with Crippen molar-refractivity contribution in [3.05, 3.63) is 58.3 Å². The number of nitrogens with zero attached hydrogens (tertiary/aromatic N) is 4. The third-order valence-corrected chi connectivity index (χ3v) is 5.67. The summed E-state index contributed by atoms with van der Waals surface area (Å²) in [5.74, 6) is 1.84. The first kappa shape index (κ1) is 21.8. The summed E-state index contributed by atoms with van der Waals surface area (Å²) in [5.41, 5.74) is 0.942. The molecular weight excluding hydrogens is 408 g/mol. The minimum atomic E-state index is -0.535. The van der Waals surface area contributed by atoms with E-state index in [2.05, 4.69) is 10.6 Å². The van der Waals surface area contributed by atoms with Crippen molar-refractivity contribution in [2.45, 2.75) is 37.8 Å². The van der Waals surface area contributed by atoms with E-state index in [1.165, 1.54) is 6.07 Å². The summed E-state index contributed by atoms with van der Waals surface area (Å²) in [4.78, 5) is 21.6. The average Bonchev–Trinajstić information content (AvgIpc) is 3.26. The fourth-order valence-corrected chi connectivity index (χ4v) is 4.03. The van der Waals surface area contributed by atoms with Crippen LogP contribution in [0.3, 0.4) is 0 Å². The Morgan fingerprint density at radius 1 is 1.12 bits per heavy atom. The van der Waals surface area contributed by atoms with Gasteiger partial charge in [-0.15, -0.1) is 0 Å². The van der Waals surface area contributed by atoms with Crippen molar-refractivity contribution in [2.75, 3.05) is 30.9 Å². The van der Waals surface area contributed by atoms with Gasteiger partial charge in [0.1, 0.15) is 16.5 Å². The van der Waals surface area contributed by atoms with Crippen LogP contribution in [-0.4, -0.2) is 47.6 Å². The molecule has 0 spiro atoms. The van der Waals surface area contributed by atoms with Gasteiger partial charge in [-0.05, 0) is 50.0 Å². The summed E-state index contributed by atoms with van der Waals surface area (Å²) < 4.78 is 5.12. The normalized spacial score (nSPS) is 18.8. The highest BCUT2D eigenvalue weighted by Gasteiger charge is 2.21. The maximum absolute atomic E-state index is 10.7. The fraction of sp³-hybridized carbons (Fsp3) is 0.391. The van der Waals surface area contributed by atoms with Gasteiger partial charge in [0.2, 0.25) is 5.95 Å². The molecule has 2 aromatic heterocycles. The van der Waals surface area contributed by atoms with Crippen molar-refractivity contribution in [1.82, 2.24) is 15.3 Å². The van der Waals surface area contributed by atoms with Crippen molar-refractivity contribution in [3.8, 4) is 0 Å². The minimum absolute atomic E-state index is 0.239. The number of para-hydroxylation sites is 1. The Morgan fingerprint density at radius 3 is 2.59 bits per heavy atom. The Balaban J connectivity index is 1.27. The van der Waals surface area contributed by atoms with Crippen LogP contribution >= 0.6 is 0 Å². The molecule has 168 valence electrons. The van der Waals surface area contributed by atoms with Gasteiger partial charge in [-0.1, -0.05) is 18.2 Å². The molecule has 0 bridgehead atoms.